The number of carbonyl (C=O) groups excluding carboxylic acids is 2. The molecule has 2 aromatic rings. The van der Waals surface area contributed by atoms with Crippen LogP contribution in [0.2, 0.25) is 0 Å². The maximum Gasteiger partial charge on any atom is 0.291 e. The minimum Gasteiger partial charge on any atom is -0.459 e. The summed E-state index contributed by atoms with van der Waals surface area (Å²) in [5.41, 5.74) is 0.969. The van der Waals surface area contributed by atoms with Crippen molar-refractivity contribution >= 4 is 17.9 Å². The molecule has 1 N–H and O–H groups in total. The van der Waals surface area contributed by atoms with Crippen LogP contribution in [0, 0.1) is 0 Å². The number of furan rings is 1. The van der Waals surface area contributed by atoms with Crippen molar-refractivity contribution in [2.24, 2.45) is 0 Å². The zero-order valence-corrected chi connectivity index (χ0v) is 12.6. The van der Waals surface area contributed by atoms with Gasteiger partial charge in [0.2, 0.25) is 0 Å². The van der Waals surface area contributed by atoms with Crippen LogP contribution in [0.1, 0.15) is 29.0 Å². The largest absolute Gasteiger partial charge is 0.459 e. The Morgan fingerprint density at radius 2 is 2.04 bits per heavy atom. The number of nitrogens with one attached hydrogen (secondary N) is 1. The zero-order chi connectivity index (χ0) is 16.1. The van der Waals surface area contributed by atoms with Crippen molar-refractivity contribution in [2.45, 2.75) is 12.8 Å². The van der Waals surface area contributed by atoms with Crippen molar-refractivity contribution in [3.63, 3.8) is 0 Å². The van der Waals surface area contributed by atoms with Gasteiger partial charge in [0, 0.05) is 25.5 Å². The highest BCUT2D eigenvalue weighted by Gasteiger charge is 2.23. The number of nitrogens with zero attached hydrogens (tertiary/aromatic N) is 2. The Morgan fingerprint density at radius 1 is 1.22 bits per heavy atom. The number of pyridine rings is 1. The number of aromatic nitrogens is 1. The van der Waals surface area contributed by atoms with Crippen LogP contribution in [0.3, 0.4) is 0 Å². The van der Waals surface area contributed by atoms with Gasteiger partial charge in [-0.3, -0.25) is 14.6 Å². The second-order valence-corrected chi connectivity index (χ2v) is 5.28. The van der Waals surface area contributed by atoms with E-state index in [0.29, 0.717) is 13.1 Å². The summed E-state index contributed by atoms with van der Waals surface area (Å²) in [7, 11) is 0. The smallest absolute Gasteiger partial charge is 0.291 e. The zero-order valence-electron chi connectivity index (χ0n) is 12.6. The Bertz CT molecular complexity index is 702. The van der Waals surface area contributed by atoms with Crippen molar-refractivity contribution in [1.82, 2.24) is 15.2 Å². The number of hydrogen-bond donors (Lipinski definition) is 1. The van der Waals surface area contributed by atoms with Gasteiger partial charge in [0.1, 0.15) is 5.70 Å². The molecule has 2 aromatic heterocycles. The van der Waals surface area contributed by atoms with Crippen LogP contribution >= 0.6 is 0 Å². The second-order valence-electron chi connectivity index (χ2n) is 5.28. The third kappa shape index (κ3) is 3.66. The number of amides is 2. The summed E-state index contributed by atoms with van der Waals surface area (Å²) in [6.45, 7) is 1.42. The predicted molar refractivity (Wildman–Crippen MR) is 84.2 cm³/mol. The molecule has 6 heteroatoms. The minimum absolute atomic E-state index is 0.163. The number of rotatable bonds is 4. The lowest BCUT2D eigenvalue weighted by Crippen LogP contribution is -2.36. The van der Waals surface area contributed by atoms with E-state index < -0.39 is 5.91 Å². The molecule has 0 radical (unpaired) electrons. The van der Waals surface area contributed by atoms with Crippen LogP contribution in [0.15, 0.2) is 53.0 Å². The lowest BCUT2D eigenvalue weighted by Gasteiger charge is -2.18. The van der Waals surface area contributed by atoms with Crippen molar-refractivity contribution in [1.29, 1.82) is 0 Å². The molecule has 0 spiro atoms. The van der Waals surface area contributed by atoms with Crippen LogP contribution in [-0.2, 0) is 4.79 Å². The van der Waals surface area contributed by atoms with E-state index >= 15 is 0 Å². The summed E-state index contributed by atoms with van der Waals surface area (Å²) in [6, 6.07) is 6.78. The Kier molecular flexibility index (Phi) is 4.52. The SMILES string of the molecule is O=C(N/C(=C\c1cccnc1)C(=O)N1CCCC1)c1ccco1. The van der Waals surface area contributed by atoms with Gasteiger partial charge in [-0.05, 0) is 42.7 Å². The van der Waals surface area contributed by atoms with Gasteiger partial charge in [0.25, 0.3) is 11.8 Å². The molecule has 6 nitrogen and oxygen atoms in total. The summed E-state index contributed by atoms with van der Waals surface area (Å²) in [6.07, 6.45) is 8.31. The van der Waals surface area contributed by atoms with Crippen LogP contribution in [0.5, 0.6) is 0 Å². The predicted octanol–water partition coefficient (Wildman–Crippen LogP) is 2.07. The molecule has 23 heavy (non-hydrogen) atoms. The number of carbonyl (C=O) groups is 2. The maximum absolute atomic E-state index is 12.6. The first-order valence-electron chi connectivity index (χ1n) is 7.50. The molecule has 0 aliphatic carbocycles. The van der Waals surface area contributed by atoms with Crippen molar-refractivity contribution < 1.29 is 14.0 Å². The highest BCUT2D eigenvalue weighted by atomic mass is 16.3. The van der Waals surface area contributed by atoms with Gasteiger partial charge < -0.3 is 14.6 Å². The van der Waals surface area contributed by atoms with Crippen molar-refractivity contribution in [3.8, 4) is 0 Å². The van der Waals surface area contributed by atoms with E-state index in [0.717, 1.165) is 18.4 Å². The van der Waals surface area contributed by atoms with Crippen molar-refractivity contribution in [3.05, 3.63) is 59.9 Å². The van der Waals surface area contributed by atoms with E-state index in [1.807, 2.05) is 6.07 Å². The van der Waals surface area contributed by atoms with Gasteiger partial charge in [-0.2, -0.15) is 0 Å². The van der Waals surface area contributed by atoms with E-state index in [1.165, 1.54) is 6.26 Å². The monoisotopic (exact) mass is 311 g/mol. The Balaban J connectivity index is 1.85. The maximum atomic E-state index is 12.6. The fraction of sp³-hybridized carbons (Fsp3) is 0.235. The van der Waals surface area contributed by atoms with Gasteiger partial charge in [-0.1, -0.05) is 6.07 Å². The first kappa shape index (κ1) is 15.0. The van der Waals surface area contributed by atoms with E-state index in [2.05, 4.69) is 10.3 Å². The normalized spacial score (nSPS) is 14.8. The Labute approximate surface area is 133 Å². The van der Waals surface area contributed by atoms with Gasteiger partial charge in [0.15, 0.2) is 5.76 Å². The van der Waals surface area contributed by atoms with Crippen molar-refractivity contribution in [2.75, 3.05) is 13.1 Å². The molecule has 1 fully saturated rings. The van der Waals surface area contributed by atoms with Gasteiger partial charge in [-0.15, -0.1) is 0 Å². The molecule has 0 atom stereocenters. The van der Waals surface area contributed by atoms with E-state index in [1.54, 1.807) is 41.6 Å². The molecule has 118 valence electrons. The summed E-state index contributed by atoms with van der Waals surface area (Å²) < 4.78 is 5.08. The molecule has 1 aliphatic heterocycles. The van der Waals surface area contributed by atoms with Gasteiger partial charge in [-0.25, -0.2) is 0 Å². The molecule has 3 rings (SSSR count). The molecule has 2 amide bonds. The lowest BCUT2D eigenvalue weighted by molar-refractivity contribution is -0.126. The summed E-state index contributed by atoms with van der Waals surface area (Å²) in [4.78, 5) is 30.6. The number of likely N-dealkylation sites (tertiary alicyclic amines) is 1. The van der Waals surface area contributed by atoms with Crippen LogP contribution in [-0.4, -0.2) is 34.8 Å². The summed E-state index contributed by atoms with van der Waals surface area (Å²) in [5, 5.41) is 2.65. The molecule has 0 saturated carbocycles. The topological polar surface area (TPSA) is 75.4 Å². The summed E-state index contributed by atoms with van der Waals surface area (Å²) >= 11 is 0. The van der Waals surface area contributed by atoms with Crippen LogP contribution in [0.4, 0.5) is 0 Å². The average Bonchev–Trinajstić information content (AvgIpc) is 3.27. The molecule has 0 unspecified atom stereocenters. The van der Waals surface area contributed by atoms with Crippen LogP contribution < -0.4 is 5.32 Å². The molecule has 0 bridgehead atoms. The van der Waals surface area contributed by atoms with E-state index in [-0.39, 0.29) is 17.4 Å². The standard InChI is InChI=1S/C17H17N3O3/c21-16(15-6-4-10-23-15)19-14(11-13-5-3-7-18-12-13)17(22)20-8-1-2-9-20/h3-7,10-12H,1-2,8-9H2,(H,19,21)/b14-11-. The quantitative estimate of drug-likeness (QED) is 0.877. The van der Waals surface area contributed by atoms with Gasteiger partial charge in [0.05, 0.1) is 6.26 Å². The molecular weight excluding hydrogens is 294 g/mol. The molecular formula is C17H17N3O3. The summed E-state index contributed by atoms with van der Waals surface area (Å²) in [5.74, 6) is -0.472. The minimum atomic E-state index is -0.447. The molecule has 0 aromatic carbocycles. The fourth-order valence-corrected chi connectivity index (χ4v) is 2.46. The fourth-order valence-electron chi connectivity index (χ4n) is 2.46. The van der Waals surface area contributed by atoms with Crippen LogP contribution in [0.25, 0.3) is 6.08 Å². The van der Waals surface area contributed by atoms with E-state index in [9.17, 15) is 9.59 Å². The first-order chi connectivity index (χ1) is 11.2. The second kappa shape index (κ2) is 6.91. The third-order valence-electron chi connectivity index (χ3n) is 3.61. The van der Waals surface area contributed by atoms with Gasteiger partial charge >= 0.3 is 0 Å². The Morgan fingerprint density at radius 3 is 2.70 bits per heavy atom. The molecule has 1 aliphatic rings. The highest BCUT2D eigenvalue weighted by molar-refractivity contribution is 6.04. The average molecular weight is 311 g/mol. The molecule has 1 saturated heterocycles. The third-order valence-corrected chi connectivity index (χ3v) is 3.61. The highest BCUT2D eigenvalue weighted by Crippen LogP contribution is 2.13. The van der Waals surface area contributed by atoms with E-state index in [4.69, 9.17) is 4.42 Å². The number of hydrogen-bond acceptors (Lipinski definition) is 4. The first-order valence-corrected chi connectivity index (χ1v) is 7.50. The Hall–Kier alpha value is -2.89. The lowest BCUT2D eigenvalue weighted by atomic mass is 10.2. The molecule has 3 heterocycles.